The standard InChI is InChI=1S/C31H39F3N2O3.C27H33ClN2O3.C27H31F4N3O3.C26H29Cl2FN2O2S/c1-30(21-26(30)22-12-16-25(39-2)17-13-22)18-6-3-5-9-27(29(38)36-19-7-4-8-20-36)35-28(37)23-10-14-24(15-11-23)31(32,33)34;28-23-13-11-20(12-14-23)24-19-22(24)9-5-2-6-10-25(27(32)30-15-17-33-18-16-30)29-26(31)21-7-3-1-4-8-21;28-22-9-5-18(6-10-22)23-16-20(23)2-1-11-32-17-24(26(36)34-12-14-37-15-13-34)33-25(35)19-3-7-21(8-4-19)27(29,30)31;27-22-10-7-19(15-23(22)28)21-14-18(21)4-3-13-34-16-24(26(33)31-11-1-2-12-31)30-25(32)17-5-8-20(29)9-6-17/h10-17,26-27H,3-9,18-21H2,1-2H3,(H,35,37);1,3-4,7-8,11-14,22,24-25H,2,5-6,9-10,15-19H2,(H,29,31);3-10,20,23-24,32H,1-2,11-17H2,(H,33,35);5-10,15,18,21,24H,1-4,11-14,16H2,(H,30,32)/t26-,27-,30?;22?,24-,25-;20?,23-,24-;18?,21-,24+/m0001/s1. The van der Waals surface area contributed by atoms with Crippen molar-refractivity contribution in [3.63, 3.8) is 0 Å². The molecule has 32 heteroatoms. The lowest BCUT2D eigenvalue weighted by molar-refractivity contribution is -0.138. The van der Waals surface area contributed by atoms with E-state index in [1.165, 1.54) is 78.8 Å². The lowest BCUT2D eigenvalue weighted by Crippen LogP contribution is -2.55. The van der Waals surface area contributed by atoms with E-state index in [9.17, 15) is 73.5 Å². The van der Waals surface area contributed by atoms with E-state index < -0.39 is 65.3 Å². The first kappa shape index (κ1) is 110. The fraction of sp³-hybridized carbons (Fsp3) is 0.495. The number of methoxy groups -OCH3 is 1. The zero-order valence-corrected chi connectivity index (χ0v) is 84.3. The van der Waals surface area contributed by atoms with Gasteiger partial charge in [0, 0.05) is 91.9 Å². The predicted molar refractivity (Wildman–Crippen MR) is 542 cm³/mol. The number of hydrogen-bond acceptors (Lipinski definition) is 13. The van der Waals surface area contributed by atoms with Gasteiger partial charge in [-0.1, -0.05) is 141 Å². The Kier molecular flexibility index (Phi) is 41.4. The molecule has 4 saturated carbocycles. The number of benzene rings is 8. The van der Waals surface area contributed by atoms with E-state index in [-0.39, 0.29) is 64.3 Å². The summed E-state index contributed by atoms with van der Waals surface area (Å²) in [7, 11) is 1.67. The van der Waals surface area contributed by atoms with Gasteiger partial charge < -0.3 is 60.4 Å². The Hall–Kier alpha value is -10.1. The number of morpholine rings is 2. The molecule has 8 fully saturated rings. The molecule has 4 heterocycles. The van der Waals surface area contributed by atoms with Crippen molar-refractivity contribution in [1.82, 2.24) is 46.2 Å². The Balaban J connectivity index is 0.000000160. The summed E-state index contributed by atoms with van der Waals surface area (Å²) in [5.74, 6) is 3.87. The zero-order chi connectivity index (χ0) is 102. The lowest BCUT2D eigenvalue weighted by atomic mass is 9.94. The van der Waals surface area contributed by atoms with Gasteiger partial charge in [0.25, 0.3) is 23.6 Å². The molecule has 8 aromatic rings. The highest BCUT2D eigenvalue weighted by atomic mass is 35.5. The van der Waals surface area contributed by atoms with Crippen LogP contribution in [0.1, 0.15) is 253 Å². The second-order valence-corrected chi connectivity index (χ2v) is 41.4. The van der Waals surface area contributed by atoms with Gasteiger partial charge >= 0.3 is 12.4 Å². The van der Waals surface area contributed by atoms with Gasteiger partial charge in [0.2, 0.25) is 23.6 Å². The van der Waals surface area contributed by atoms with Gasteiger partial charge in [0.1, 0.15) is 41.6 Å². The molecule has 8 amide bonds. The number of hydrogen-bond donors (Lipinski definition) is 5. The molecule has 143 heavy (non-hydrogen) atoms. The number of nitrogens with zero attached hydrogens (tertiary/aromatic N) is 4. The number of carbonyl (C=O) groups excluding carboxylic acids is 8. The van der Waals surface area contributed by atoms with Crippen LogP contribution in [-0.2, 0) is 41.0 Å². The average Bonchev–Trinajstić information content (AvgIpc) is 1.59. The van der Waals surface area contributed by atoms with Gasteiger partial charge in [-0.15, -0.1) is 0 Å². The van der Waals surface area contributed by atoms with Gasteiger partial charge in [0.15, 0.2) is 0 Å². The van der Waals surface area contributed by atoms with Crippen LogP contribution in [0.5, 0.6) is 5.75 Å². The highest BCUT2D eigenvalue weighted by Gasteiger charge is 2.50. The first-order valence-electron chi connectivity index (χ1n) is 50.4. The first-order valence-corrected chi connectivity index (χ1v) is 52.7. The minimum atomic E-state index is -4.49. The van der Waals surface area contributed by atoms with E-state index in [1.54, 1.807) is 35.9 Å². The van der Waals surface area contributed by atoms with Crippen LogP contribution < -0.4 is 31.3 Å². The van der Waals surface area contributed by atoms with E-state index in [1.807, 2.05) is 81.4 Å². The Morgan fingerprint density at radius 1 is 0.427 bits per heavy atom. The third-order valence-electron chi connectivity index (χ3n) is 28.6. The molecule has 5 N–H and O–H groups in total. The number of rotatable bonds is 41. The van der Waals surface area contributed by atoms with Crippen molar-refractivity contribution < 1.29 is 87.7 Å². The zero-order valence-electron chi connectivity index (χ0n) is 81.2. The van der Waals surface area contributed by atoms with Crippen LogP contribution in [0.25, 0.3) is 0 Å². The molecule has 0 radical (unpaired) electrons. The summed E-state index contributed by atoms with van der Waals surface area (Å²) in [6.07, 6.45) is 14.2. The predicted octanol–water partition coefficient (Wildman–Crippen LogP) is 22.2. The number of thioether (sulfide) groups is 1. The highest BCUT2D eigenvalue weighted by Crippen LogP contribution is 2.62. The summed E-state index contributed by atoms with van der Waals surface area (Å²) in [5.41, 5.74) is 4.89. The molecule has 4 aliphatic heterocycles. The molecule has 16 rings (SSSR count). The van der Waals surface area contributed by atoms with Crippen LogP contribution in [0.3, 0.4) is 0 Å². The molecule has 8 aliphatic rings. The van der Waals surface area contributed by atoms with Gasteiger partial charge in [-0.2, -0.15) is 38.1 Å². The van der Waals surface area contributed by atoms with Crippen molar-refractivity contribution in [3.05, 3.63) is 276 Å². The third kappa shape index (κ3) is 34.0. The maximum Gasteiger partial charge on any atom is 0.416 e. The molecule has 4 aliphatic carbocycles. The smallest absolute Gasteiger partial charge is 0.416 e. The number of piperidine rings is 1. The maximum absolute atomic E-state index is 13.3. The van der Waals surface area contributed by atoms with Crippen molar-refractivity contribution in [2.45, 2.75) is 215 Å². The largest absolute Gasteiger partial charge is 0.497 e. The molecular formula is C111H132Cl3F8N9O11S. The van der Waals surface area contributed by atoms with E-state index in [0.717, 1.165) is 199 Å². The quantitative estimate of drug-likeness (QED) is 0.0177. The van der Waals surface area contributed by atoms with Crippen LogP contribution in [0.15, 0.2) is 194 Å². The van der Waals surface area contributed by atoms with E-state index in [0.29, 0.717) is 148 Å². The number of unbranched alkanes of at least 4 members (excludes halogenated alkanes) is 4. The van der Waals surface area contributed by atoms with E-state index in [4.69, 9.17) is 49.0 Å². The lowest BCUT2D eigenvalue weighted by Gasteiger charge is -2.31. The number of nitrogens with one attached hydrogen (secondary N) is 5. The number of alkyl halides is 6. The minimum Gasteiger partial charge on any atom is -0.497 e. The number of halogens is 11. The molecule has 20 nitrogen and oxygen atoms in total. The van der Waals surface area contributed by atoms with E-state index in [2.05, 4.69) is 63.8 Å². The summed E-state index contributed by atoms with van der Waals surface area (Å²) in [4.78, 5) is 111. The molecule has 0 bridgehead atoms. The van der Waals surface area contributed by atoms with Crippen LogP contribution in [0, 0.1) is 34.8 Å². The average molecular weight is 2060 g/mol. The second-order valence-electron chi connectivity index (χ2n) is 39.0. The molecule has 4 unspecified atom stereocenters. The Labute approximate surface area is 853 Å². The monoisotopic (exact) mass is 2060 g/mol. The molecule has 0 spiro atoms. The summed E-state index contributed by atoms with van der Waals surface area (Å²) < 4.78 is 119. The summed E-state index contributed by atoms with van der Waals surface area (Å²) in [6.45, 7) is 9.96. The second kappa shape index (κ2) is 53.8. The number of carbonyl (C=O) groups is 8. The van der Waals surface area contributed by atoms with Gasteiger partial charge in [0.05, 0.1) is 54.7 Å². The SMILES string of the molecule is COc1ccc([C@@H]2CC2(C)CCCCC[C@H](NC(=O)c2ccc(C(F)(F)F)cc2)C(=O)N2CCCCC2)cc1.O=C(N[C@@H](CCCCCC1C[C@H]1c1ccc(Cl)cc1)C(=O)N1CCOCC1)c1ccccc1.O=C(N[C@@H](CNCCCC1C[C@H]1c1ccc(F)cc1)C(=O)N1CCOCC1)c1ccc(C(F)(F)F)cc1.O=C(N[C@@H](CSCCCC1C[C@H]1c1ccc(Cl)c(Cl)c1)C(=O)N1CCCC1)c1ccc(F)cc1. The Morgan fingerprint density at radius 2 is 0.825 bits per heavy atom. The van der Waals surface area contributed by atoms with Crippen molar-refractivity contribution in [1.29, 1.82) is 0 Å². The van der Waals surface area contributed by atoms with Crippen molar-refractivity contribution in [3.8, 4) is 5.75 Å². The third-order valence-corrected chi connectivity index (χ3v) is 30.7. The summed E-state index contributed by atoms with van der Waals surface area (Å²) in [6, 6.07) is 49.0. The molecule has 4 saturated heterocycles. The maximum atomic E-state index is 13.3. The Bertz CT molecular complexity index is 5430. The van der Waals surface area contributed by atoms with Crippen molar-refractivity contribution in [2.24, 2.45) is 23.2 Å². The number of amides is 8. The fourth-order valence-electron chi connectivity index (χ4n) is 19.7. The molecule has 8 aromatic carbocycles. The van der Waals surface area contributed by atoms with Gasteiger partial charge in [-0.25, -0.2) is 8.78 Å². The van der Waals surface area contributed by atoms with Gasteiger partial charge in [-0.3, -0.25) is 38.4 Å². The minimum absolute atomic E-state index is 0.00702. The van der Waals surface area contributed by atoms with Crippen molar-refractivity contribution in [2.75, 3.05) is 110 Å². The highest BCUT2D eigenvalue weighted by molar-refractivity contribution is 7.99. The van der Waals surface area contributed by atoms with Crippen LogP contribution in [0.4, 0.5) is 35.1 Å². The van der Waals surface area contributed by atoms with Crippen LogP contribution >= 0.6 is 46.6 Å². The topological polar surface area (TPSA) is 237 Å². The summed E-state index contributed by atoms with van der Waals surface area (Å²) >= 11 is 19.9. The van der Waals surface area contributed by atoms with Crippen LogP contribution in [0.2, 0.25) is 15.1 Å². The fourth-order valence-corrected chi connectivity index (χ4v) is 21.1. The molecule has 770 valence electrons. The molecule has 12 atom stereocenters. The summed E-state index contributed by atoms with van der Waals surface area (Å²) in [5, 5.41) is 16.6. The first-order chi connectivity index (χ1) is 68.9. The number of ether oxygens (including phenoxy) is 3. The van der Waals surface area contributed by atoms with Crippen LogP contribution in [-0.4, -0.2) is 202 Å². The van der Waals surface area contributed by atoms with Gasteiger partial charge in [-0.05, 0) is 324 Å². The van der Waals surface area contributed by atoms with E-state index >= 15 is 0 Å². The number of likely N-dealkylation sites (tertiary alicyclic amines) is 2. The van der Waals surface area contributed by atoms with Crippen molar-refractivity contribution >= 4 is 93.8 Å². The normalized spacial score (nSPS) is 20.8. The molecule has 0 aromatic heterocycles. The Morgan fingerprint density at radius 3 is 1.31 bits per heavy atom. The molecular weight excluding hydrogens is 1930 g/mol.